The summed E-state index contributed by atoms with van der Waals surface area (Å²) in [6, 6.07) is 6.26. The van der Waals surface area contributed by atoms with E-state index in [1.54, 1.807) is 12.1 Å². The molecule has 0 aliphatic heterocycles. The minimum Gasteiger partial charge on any atom is -0.284 e. The highest BCUT2D eigenvalue weighted by atomic mass is 79.9. The third-order valence-corrected chi connectivity index (χ3v) is 3.71. The Morgan fingerprint density at radius 2 is 1.50 bits per heavy atom. The molecule has 20 heavy (non-hydrogen) atoms. The maximum atomic E-state index is 13.1. The van der Waals surface area contributed by atoms with E-state index in [-0.39, 0.29) is 12.2 Å². The molecule has 1 aromatic rings. The summed E-state index contributed by atoms with van der Waals surface area (Å²) in [5.74, 6) is 0. The standard InChI is InChI=1S/C15H21BrF3N/c1-2-3-4-5-6-7-12-20(15(17,18)19)14-10-8-13(16)9-11-14/h8-11H,2-7,12H2,1H3. The summed E-state index contributed by atoms with van der Waals surface area (Å²) >= 11 is 3.23. The van der Waals surface area contributed by atoms with Crippen molar-refractivity contribution in [1.82, 2.24) is 0 Å². The molecule has 0 fully saturated rings. The first-order chi connectivity index (χ1) is 9.45. The summed E-state index contributed by atoms with van der Waals surface area (Å²) < 4.78 is 39.9. The number of halogens is 4. The lowest BCUT2D eigenvalue weighted by molar-refractivity contribution is -0.129. The predicted octanol–water partition coefficient (Wildman–Crippen LogP) is 6.14. The lowest BCUT2D eigenvalue weighted by Gasteiger charge is -2.27. The molecule has 1 aromatic carbocycles. The van der Waals surface area contributed by atoms with E-state index >= 15 is 0 Å². The van der Waals surface area contributed by atoms with E-state index in [9.17, 15) is 13.2 Å². The van der Waals surface area contributed by atoms with Gasteiger partial charge < -0.3 is 0 Å². The first kappa shape index (κ1) is 17.3. The van der Waals surface area contributed by atoms with Crippen LogP contribution in [-0.2, 0) is 0 Å². The zero-order valence-electron chi connectivity index (χ0n) is 11.7. The number of nitrogens with zero attached hydrogens (tertiary/aromatic N) is 1. The van der Waals surface area contributed by atoms with Crippen LogP contribution in [-0.4, -0.2) is 12.8 Å². The average molecular weight is 352 g/mol. The van der Waals surface area contributed by atoms with Gasteiger partial charge in [-0.3, -0.25) is 4.90 Å². The van der Waals surface area contributed by atoms with Gasteiger partial charge in [-0.2, -0.15) is 13.2 Å². The monoisotopic (exact) mass is 351 g/mol. The van der Waals surface area contributed by atoms with E-state index in [1.165, 1.54) is 12.1 Å². The zero-order chi connectivity index (χ0) is 15.0. The number of alkyl halides is 3. The van der Waals surface area contributed by atoms with Gasteiger partial charge in [-0.05, 0) is 30.7 Å². The minimum absolute atomic E-state index is 0.0251. The van der Waals surface area contributed by atoms with Gasteiger partial charge in [0.2, 0.25) is 0 Å². The van der Waals surface area contributed by atoms with Crippen molar-refractivity contribution in [3.63, 3.8) is 0 Å². The SMILES string of the molecule is CCCCCCCCN(c1ccc(Br)cc1)C(F)(F)F. The normalized spacial score (nSPS) is 11.7. The summed E-state index contributed by atoms with van der Waals surface area (Å²) in [7, 11) is 0. The molecule has 0 aliphatic rings. The van der Waals surface area contributed by atoms with Crippen LogP contribution in [0.15, 0.2) is 28.7 Å². The van der Waals surface area contributed by atoms with Crippen molar-refractivity contribution in [1.29, 1.82) is 0 Å². The van der Waals surface area contributed by atoms with Gasteiger partial charge in [0.25, 0.3) is 0 Å². The quantitative estimate of drug-likeness (QED) is 0.401. The van der Waals surface area contributed by atoms with Crippen LogP contribution in [0.5, 0.6) is 0 Å². The lowest BCUT2D eigenvalue weighted by Crippen LogP contribution is -2.38. The molecule has 5 heteroatoms. The molecule has 114 valence electrons. The van der Waals surface area contributed by atoms with E-state index in [4.69, 9.17) is 0 Å². The van der Waals surface area contributed by atoms with Gasteiger partial charge in [-0.1, -0.05) is 55.0 Å². The minimum atomic E-state index is -4.32. The highest BCUT2D eigenvalue weighted by Crippen LogP contribution is 2.29. The Hall–Kier alpha value is -0.710. The van der Waals surface area contributed by atoms with Gasteiger partial charge in [0.15, 0.2) is 0 Å². The van der Waals surface area contributed by atoms with E-state index in [2.05, 4.69) is 22.9 Å². The molecule has 0 N–H and O–H groups in total. The summed E-state index contributed by atoms with van der Waals surface area (Å²) in [6.45, 7) is 2.15. The van der Waals surface area contributed by atoms with Gasteiger partial charge in [-0.25, -0.2) is 0 Å². The van der Waals surface area contributed by atoms with E-state index in [1.807, 2.05) is 0 Å². The third-order valence-electron chi connectivity index (χ3n) is 3.18. The molecule has 0 spiro atoms. The van der Waals surface area contributed by atoms with Crippen molar-refractivity contribution >= 4 is 21.6 Å². The molecular weight excluding hydrogens is 331 g/mol. The first-order valence-corrected chi connectivity index (χ1v) is 7.84. The maximum Gasteiger partial charge on any atom is 0.484 e. The van der Waals surface area contributed by atoms with Crippen molar-refractivity contribution in [3.8, 4) is 0 Å². The van der Waals surface area contributed by atoms with Gasteiger partial charge in [-0.15, -0.1) is 0 Å². The summed E-state index contributed by atoms with van der Waals surface area (Å²) in [4.78, 5) is 0.527. The second-order valence-corrected chi connectivity index (χ2v) is 5.78. The Kier molecular flexibility index (Phi) is 7.41. The molecule has 1 nitrogen and oxygen atoms in total. The molecule has 0 unspecified atom stereocenters. The zero-order valence-corrected chi connectivity index (χ0v) is 13.3. The van der Waals surface area contributed by atoms with E-state index < -0.39 is 6.30 Å². The molecule has 1 rings (SSSR count). The molecular formula is C15H21BrF3N. The smallest absolute Gasteiger partial charge is 0.284 e. The number of hydrogen-bond acceptors (Lipinski definition) is 1. The lowest BCUT2D eigenvalue weighted by atomic mass is 10.1. The fraction of sp³-hybridized carbons (Fsp3) is 0.600. The Morgan fingerprint density at radius 3 is 2.05 bits per heavy atom. The van der Waals surface area contributed by atoms with Crippen LogP contribution in [0.4, 0.5) is 18.9 Å². The van der Waals surface area contributed by atoms with Crippen LogP contribution >= 0.6 is 15.9 Å². The molecule has 0 atom stereocenters. The van der Waals surface area contributed by atoms with Crippen LogP contribution < -0.4 is 4.90 Å². The number of rotatable bonds is 8. The Labute approximate surface area is 127 Å². The Bertz CT molecular complexity index is 376. The summed E-state index contributed by atoms with van der Waals surface area (Å²) in [6.07, 6.45) is 1.53. The van der Waals surface area contributed by atoms with Gasteiger partial charge in [0.05, 0.1) is 0 Å². The topological polar surface area (TPSA) is 3.24 Å². The number of anilines is 1. The Morgan fingerprint density at radius 1 is 0.950 bits per heavy atom. The van der Waals surface area contributed by atoms with Crippen molar-refractivity contribution in [3.05, 3.63) is 28.7 Å². The predicted molar refractivity (Wildman–Crippen MR) is 80.9 cm³/mol. The molecule has 0 heterocycles. The van der Waals surface area contributed by atoms with Gasteiger partial charge in [0, 0.05) is 16.7 Å². The maximum absolute atomic E-state index is 13.1. The van der Waals surface area contributed by atoms with Crippen molar-refractivity contribution < 1.29 is 13.2 Å². The Balaban J connectivity index is 2.51. The summed E-state index contributed by atoms with van der Waals surface area (Å²) in [5, 5.41) is 0. The van der Waals surface area contributed by atoms with Crippen LogP contribution in [0.2, 0.25) is 0 Å². The van der Waals surface area contributed by atoms with E-state index in [0.29, 0.717) is 11.3 Å². The third kappa shape index (κ3) is 6.16. The van der Waals surface area contributed by atoms with Crippen LogP contribution in [0.25, 0.3) is 0 Å². The van der Waals surface area contributed by atoms with Gasteiger partial charge in [0.1, 0.15) is 0 Å². The fourth-order valence-electron chi connectivity index (χ4n) is 2.07. The van der Waals surface area contributed by atoms with Crippen molar-refractivity contribution in [2.75, 3.05) is 11.4 Å². The average Bonchev–Trinajstić information content (AvgIpc) is 2.38. The van der Waals surface area contributed by atoms with Crippen LogP contribution in [0.1, 0.15) is 45.4 Å². The number of hydrogen-bond donors (Lipinski definition) is 0. The van der Waals surface area contributed by atoms with Crippen LogP contribution in [0.3, 0.4) is 0 Å². The second kappa shape index (κ2) is 8.55. The molecule has 0 amide bonds. The molecule has 0 aromatic heterocycles. The fourth-order valence-corrected chi connectivity index (χ4v) is 2.34. The van der Waals surface area contributed by atoms with Gasteiger partial charge >= 0.3 is 6.30 Å². The number of benzene rings is 1. The van der Waals surface area contributed by atoms with Crippen LogP contribution in [0, 0.1) is 0 Å². The highest BCUT2D eigenvalue weighted by molar-refractivity contribution is 9.10. The molecule has 0 radical (unpaired) electrons. The van der Waals surface area contributed by atoms with Crippen molar-refractivity contribution in [2.24, 2.45) is 0 Å². The molecule has 0 saturated heterocycles. The van der Waals surface area contributed by atoms with E-state index in [0.717, 1.165) is 36.6 Å². The van der Waals surface area contributed by atoms with Crippen molar-refractivity contribution in [2.45, 2.75) is 51.7 Å². The largest absolute Gasteiger partial charge is 0.484 e. The second-order valence-electron chi connectivity index (χ2n) is 4.86. The number of unbranched alkanes of at least 4 members (excludes halogenated alkanes) is 5. The molecule has 0 aliphatic carbocycles. The highest BCUT2D eigenvalue weighted by Gasteiger charge is 2.36. The molecule has 0 bridgehead atoms. The molecule has 0 saturated carbocycles. The first-order valence-electron chi connectivity index (χ1n) is 7.05. The summed E-state index contributed by atoms with van der Waals surface area (Å²) in [5.41, 5.74) is 0.203.